The van der Waals surface area contributed by atoms with Gasteiger partial charge >= 0.3 is 5.97 Å². The predicted octanol–water partition coefficient (Wildman–Crippen LogP) is 2.56. The van der Waals surface area contributed by atoms with Crippen molar-refractivity contribution in [3.63, 3.8) is 0 Å². The number of ether oxygens (including phenoxy) is 1. The summed E-state index contributed by atoms with van der Waals surface area (Å²) >= 11 is 0. The lowest BCUT2D eigenvalue weighted by Gasteiger charge is -2.25. The molecule has 0 saturated heterocycles. The molecule has 0 aliphatic heterocycles. The first kappa shape index (κ1) is 17.2. The second-order valence-electron chi connectivity index (χ2n) is 5.74. The second-order valence-corrected chi connectivity index (χ2v) is 5.74. The van der Waals surface area contributed by atoms with Crippen molar-refractivity contribution in [2.75, 3.05) is 14.2 Å². The lowest BCUT2D eigenvalue weighted by atomic mass is 9.85. The summed E-state index contributed by atoms with van der Waals surface area (Å²) in [6.45, 7) is 3.97. The topological polar surface area (TPSA) is 55.8 Å². The first-order valence-electron chi connectivity index (χ1n) is 6.84. The van der Waals surface area contributed by atoms with E-state index in [1.54, 1.807) is 7.05 Å². The van der Waals surface area contributed by atoms with E-state index >= 15 is 0 Å². The zero-order chi connectivity index (χ0) is 15.9. The highest BCUT2D eigenvalue weighted by Crippen LogP contribution is 2.26. The highest BCUT2D eigenvalue weighted by Gasteiger charge is 2.27. The van der Waals surface area contributed by atoms with Crippen LogP contribution in [-0.2, 0) is 25.8 Å². The first-order chi connectivity index (χ1) is 9.84. The van der Waals surface area contributed by atoms with Crippen LogP contribution in [0.3, 0.4) is 0 Å². The minimum atomic E-state index is -0.475. The lowest BCUT2D eigenvalue weighted by molar-refractivity contribution is -0.171. The number of hydrogen-bond acceptors (Lipinski definition) is 4. The van der Waals surface area contributed by atoms with Crippen LogP contribution in [0.4, 0.5) is 0 Å². The molecule has 5 nitrogen and oxygen atoms in total. The molecule has 1 aromatic carbocycles. The van der Waals surface area contributed by atoms with Gasteiger partial charge in [0, 0.05) is 13.5 Å². The van der Waals surface area contributed by atoms with Gasteiger partial charge in [0.05, 0.1) is 13.5 Å². The molecule has 1 amide bonds. The van der Waals surface area contributed by atoms with Crippen molar-refractivity contribution >= 4 is 11.9 Å². The van der Waals surface area contributed by atoms with Gasteiger partial charge in [-0.3, -0.25) is 14.4 Å². The molecular weight excluding hydrogens is 270 g/mol. The van der Waals surface area contributed by atoms with Crippen LogP contribution in [0.1, 0.15) is 32.3 Å². The van der Waals surface area contributed by atoms with E-state index in [2.05, 4.69) is 0 Å². The molecule has 0 aliphatic rings. The maximum Gasteiger partial charge on any atom is 0.306 e. The van der Waals surface area contributed by atoms with Crippen molar-refractivity contribution in [2.45, 2.75) is 33.3 Å². The Morgan fingerprint density at radius 3 is 2.33 bits per heavy atom. The zero-order valence-electron chi connectivity index (χ0n) is 13.1. The maximum absolute atomic E-state index is 11.9. The van der Waals surface area contributed by atoms with Gasteiger partial charge in [0.1, 0.15) is 6.61 Å². The molecule has 0 bridgehead atoms. The van der Waals surface area contributed by atoms with Crippen molar-refractivity contribution in [1.82, 2.24) is 5.06 Å². The van der Waals surface area contributed by atoms with Crippen molar-refractivity contribution in [3.05, 3.63) is 35.9 Å². The molecule has 5 heteroatoms. The van der Waals surface area contributed by atoms with E-state index < -0.39 is 5.41 Å². The largest absolute Gasteiger partial charge is 0.461 e. The fourth-order valence-electron chi connectivity index (χ4n) is 1.86. The molecule has 1 rings (SSSR count). The fraction of sp³-hybridized carbons (Fsp3) is 0.500. The molecule has 0 heterocycles. The van der Waals surface area contributed by atoms with Crippen LogP contribution in [0.25, 0.3) is 0 Å². The monoisotopic (exact) mass is 293 g/mol. The Bertz CT molecular complexity index is 470. The van der Waals surface area contributed by atoms with E-state index in [4.69, 9.17) is 9.57 Å². The number of esters is 1. The minimum absolute atomic E-state index is 0.168. The standard InChI is InChI=1S/C16H23NO4/c1-16(2,10-14(18)17(3)20-4)11-15(19)21-12-13-8-6-5-7-9-13/h5-9H,10-12H2,1-4H3. The third-order valence-electron chi connectivity index (χ3n) is 3.12. The average Bonchev–Trinajstić information content (AvgIpc) is 2.44. The predicted molar refractivity (Wildman–Crippen MR) is 79.0 cm³/mol. The van der Waals surface area contributed by atoms with E-state index in [-0.39, 0.29) is 31.3 Å². The molecule has 0 aliphatic carbocycles. The molecule has 116 valence electrons. The van der Waals surface area contributed by atoms with Crippen LogP contribution in [0.15, 0.2) is 30.3 Å². The first-order valence-corrected chi connectivity index (χ1v) is 6.84. The van der Waals surface area contributed by atoms with Crippen LogP contribution in [0.5, 0.6) is 0 Å². The number of nitrogens with zero attached hydrogens (tertiary/aromatic N) is 1. The Labute approximate surface area is 125 Å². The van der Waals surface area contributed by atoms with Crippen molar-refractivity contribution in [3.8, 4) is 0 Å². The van der Waals surface area contributed by atoms with Gasteiger partial charge in [-0.15, -0.1) is 0 Å². The van der Waals surface area contributed by atoms with Crippen molar-refractivity contribution in [2.24, 2.45) is 5.41 Å². The summed E-state index contributed by atoms with van der Waals surface area (Å²) < 4.78 is 5.24. The Hall–Kier alpha value is -1.88. The van der Waals surface area contributed by atoms with Crippen molar-refractivity contribution < 1.29 is 19.2 Å². The molecule has 0 radical (unpaired) electrons. The number of hydroxylamine groups is 2. The van der Waals surface area contributed by atoms with E-state index in [0.717, 1.165) is 10.6 Å². The van der Waals surface area contributed by atoms with Gasteiger partial charge < -0.3 is 4.74 Å². The maximum atomic E-state index is 11.9. The SMILES string of the molecule is CON(C)C(=O)CC(C)(C)CC(=O)OCc1ccccc1. The number of carbonyl (C=O) groups excluding carboxylic acids is 2. The molecule has 0 saturated carbocycles. The number of hydrogen-bond donors (Lipinski definition) is 0. The lowest BCUT2D eigenvalue weighted by Crippen LogP contribution is -2.31. The second kappa shape index (κ2) is 7.78. The highest BCUT2D eigenvalue weighted by molar-refractivity contribution is 5.77. The minimum Gasteiger partial charge on any atom is -0.461 e. The van der Waals surface area contributed by atoms with Crippen LogP contribution in [0, 0.1) is 5.41 Å². The smallest absolute Gasteiger partial charge is 0.306 e. The van der Waals surface area contributed by atoms with Crippen LogP contribution < -0.4 is 0 Å². The van der Waals surface area contributed by atoms with E-state index in [9.17, 15) is 9.59 Å². The number of amides is 1. The molecule has 0 unspecified atom stereocenters. The van der Waals surface area contributed by atoms with Gasteiger partial charge in [-0.05, 0) is 11.0 Å². The van der Waals surface area contributed by atoms with Gasteiger partial charge in [-0.1, -0.05) is 44.2 Å². The number of rotatable bonds is 7. The van der Waals surface area contributed by atoms with Gasteiger partial charge in [0.15, 0.2) is 0 Å². The van der Waals surface area contributed by atoms with Gasteiger partial charge in [-0.25, -0.2) is 5.06 Å². The van der Waals surface area contributed by atoms with Gasteiger partial charge in [0.25, 0.3) is 0 Å². The highest BCUT2D eigenvalue weighted by atomic mass is 16.7. The summed E-state index contributed by atoms with van der Waals surface area (Å²) in [5.41, 5.74) is 0.469. The van der Waals surface area contributed by atoms with Crippen LogP contribution >= 0.6 is 0 Å². The zero-order valence-corrected chi connectivity index (χ0v) is 13.1. The van der Waals surface area contributed by atoms with Crippen LogP contribution in [0.2, 0.25) is 0 Å². The van der Waals surface area contributed by atoms with E-state index in [1.165, 1.54) is 7.11 Å². The normalized spacial score (nSPS) is 11.0. The third-order valence-corrected chi connectivity index (χ3v) is 3.12. The third kappa shape index (κ3) is 6.40. The van der Waals surface area contributed by atoms with Gasteiger partial charge in [-0.2, -0.15) is 0 Å². The van der Waals surface area contributed by atoms with Gasteiger partial charge in [0.2, 0.25) is 5.91 Å². The summed E-state index contributed by atoms with van der Waals surface area (Å²) in [6.07, 6.45) is 0.404. The van der Waals surface area contributed by atoms with Crippen LogP contribution in [-0.4, -0.2) is 31.1 Å². The summed E-state index contributed by atoms with van der Waals surface area (Å²) in [5, 5.41) is 1.16. The summed E-state index contributed by atoms with van der Waals surface area (Å²) in [6, 6.07) is 9.50. The van der Waals surface area contributed by atoms with Crippen molar-refractivity contribution in [1.29, 1.82) is 0 Å². The Kier molecular flexibility index (Phi) is 6.37. The quantitative estimate of drug-likeness (QED) is 0.572. The summed E-state index contributed by atoms with van der Waals surface area (Å²) in [4.78, 5) is 28.5. The molecule has 0 N–H and O–H groups in total. The van der Waals surface area contributed by atoms with E-state index in [0.29, 0.717) is 0 Å². The Morgan fingerprint density at radius 2 is 1.76 bits per heavy atom. The van der Waals surface area contributed by atoms with E-state index in [1.807, 2.05) is 44.2 Å². The average molecular weight is 293 g/mol. The molecular formula is C16H23NO4. The molecule has 0 fully saturated rings. The summed E-state index contributed by atoms with van der Waals surface area (Å²) in [5.74, 6) is -0.477. The Morgan fingerprint density at radius 1 is 1.14 bits per heavy atom. The Balaban J connectivity index is 2.43. The molecule has 21 heavy (non-hydrogen) atoms. The molecule has 0 aromatic heterocycles. The molecule has 0 atom stereocenters. The summed E-state index contributed by atoms with van der Waals surface area (Å²) in [7, 11) is 2.98. The fourth-order valence-corrected chi connectivity index (χ4v) is 1.86. The number of carbonyl (C=O) groups is 2. The molecule has 0 spiro atoms. The molecule has 1 aromatic rings. The number of benzene rings is 1.